The third kappa shape index (κ3) is 3.34. The van der Waals surface area contributed by atoms with Crippen LogP contribution in [0.4, 0.5) is 0 Å². The van der Waals surface area contributed by atoms with Gasteiger partial charge in [0.2, 0.25) is 10.0 Å². The molecule has 1 fully saturated rings. The molecule has 6 heteroatoms. The standard InChI is InChI=1S/C16H19N3O2S/c1-22(20,21)19-10-7-13(8-11-19)15-5-2-6-16(18-15)14-4-3-9-17-12-14/h2-6,9,12-13H,7-8,10-11H2,1H3. The van der Waals surface area contributed by atoms with E-state index in [1.54, 1.807) is 16.7 Å². The van der Waals surface area contributed by atoms with Gasteiger partial charge in [0.25, 0.3) is 0 Å². The molecule has 0 aromatic carbocycles. The van der Waals surface area contributed by atoms with Crippen LogP contribution in [0.5, 0.6) is 0 Å². The minimum Gasteiger partial charge on any atom is -0.264 e. The Balaban J connectivity index is 1.77. The van der Waals surface area contributed by atoms with Crippen molar-refractivity contribution >= 4 is 10.0 Å². The number of pyridine rings is 2. The molecule has 0 saturated carbocycles. The average molecular weight is 317 g/mol. The van der Waals surface area contributed by atoms with Crippen LogP contribution in [0.3, 0.4) is 0 Å². The number of rotatable bonds is 3. The van der Waals surface area contributed by atoms with Crippen molar-refractivity contribution in [3.8, 4) is 11.3 Å². The molecule has 0 unspecified atom stereocenters. The number of hydrogen-bond acceptors (Lipinski definition) is 4. The highest BCUT2D eigenvalue weighted by Crippen LogP contribution is 2.29. The third-order valence-electron chi connectivity index (χ3n) is 4.07. The van der Waals surface area contributed by atoms with Crippen LogP contribution in [0, 0.1) is 0 Å². The lowest BCUT2D eigenvalue weighted by Gasteiger charge is -2.30. The number of sulfonamides is 1. The third-order valence-corrected chi connectivity index (χ3v) is 5.37. The van der Waals surface area contributed by atoms with Crippen molar-refractivity contribution in [3.63, 3.8) is 0 Å². The van der Waals surface area contributed by atoms with E-state index >= 15 is 0 Å². The summed E-state index contributed by atoms with van der Waals surface area (Å²) < 4.78 is 24.7. The number of hydrogen-bond donors (Lipinski definition) is 0. The van der Waals surface area contributed by atoms with Crippen molar-refractivity contribution in [2.45, 2.75) is 18.8 Å². The van der Waals surface area contributed by atoms with Crippen LogP contribution >= 0.6 is 0 Å². The van der Waals surface area contributed by atoms with E-state index in [-0.39, 0.29) is 0 Å². The summed E-state index contributed by atoms with van der Waals surface area (Å²) in [4.78, 5) is 8.87. The lowest BCUT2D eigenvalue weighted by molar-refractivity contribution is 0.318. The second-order valence-corrected chi connectivity index (χ2v) is 7.61. The second-order valence-electron chi connectivity index (χ2n) is 5.63. The number of nitrogens with zero attached hydrogens (tertiary/aromatic N) is 3. The van der Waals surface area contributed by atoms with Crippen molar-refractivity contribution in [3.05, 3.63) is 48.4 Å². The van der Waals surface area contributed by atoms with Crippen LogP contribution in [-0.2, 0) is 10.0 Å². The van der Waals surface area contributed by atoms with E-state index in [1.807, 2.05) is 30.3 Å². The normalized spacial score (nSPS) is 17.5. The molecule has 116 valence electrons. The van der Waals surface area contributed by atoms with Crippen molar-refractivity contribution in [1.29, 1.82) is 0 Å². The van der Waals surface area contributed by atoms with Gasteiger partial charge in [-0.25, -0.2) is 12.7 Å². The molecular weight excluding hydrogens is 298 g/mol. The molecule has 0 aliphatic carbocycles. The van der Waals surface area contributed by atoms with Crippen LogP contribution in [-0.4, -0.2) is 42.0 Å². The largest absolute Gasteiger partial charge is 0.264 e. The van der Waals surface area contributed by atoms with Crippen LogP contribution < -0.4 is 0 Å². The topological polar surface area (TPSA) is 63.2 Å². The second kappa shape index (κ2) is 6.14. The summed E-state index contributed by atoms with van der Waals surface area (Å²) in [6.07, 6.45) is 6.45. The van der Waals surface area contributed by atoms with Crippen molar-refractivity contribution < 1.29 is 8.42 Å². The Morgan fingerprint density at radius 2 is 1.91 bits per heavy atom. The maximum Gasteiger partial charge on any atom is 0.211 e. The van der Waals surface area contributed by atoms with Crippen molar-refractivity contribution in [2.24, 2.45) is 0 Å². The molecule has 0 atom stereocenters. The monoisotopic (exact) mass is 317 g/mol. The fraction of sp³-hybridized carbons (Fsp3) is 0.375. The van der Waals surface area contributed by atoms with E-state index in [1.165, 1.54) is 6.26 Å². The molecule has 0 N–H and O–H groups in total. The fourth-order valence-electron chi connectivity index (χ4n) is 2.84. The predicted molar refractivity (Wildman–Crippen MR) is 85.9 cm³/mol. The summed E-state index contributed by atoms with van der Waals surface area (Å²) in [5.74, 6) is 0.314. The fourth-order valence-corrected chi connectivity index (χ4v) is 3.71. The minimum atomic E-state index is -3.08. The molecule has 1 aliphatic rings. The first kappa shape index (κ1) is 15.1. The van der Waals surface area contributed by atoms with Crippen molar-refractivity contribution in [2.75, 3.05) is 19.3 Å². The highest BCUT2D eigenvalue weighted by atomic mass is 32.2. The van der Waals surface area contributed by atoms with Crippen LogP contribution in [0.15, 0.2) is 42.7 Å². The summed E-state index contributed by atoms with van der Waals surface area (Å²) >= 11 is 0. The maximum absolute atomic E-state index is 11.6. The molecular formula is C16H19N3O2S. The lowest BCUT2D eigenvalue weighted by Crippen LogP contribution is -2.37. The molecule has 22 heavy (non-hydrogen) atoms. The van der Waals surface area contributed by atoms with E-state index in [4.69, 9.17) is 4.98 Å². The first-order chi connectivity index (χ1) is 10.5. The Bertz CT molecular complexity index is 739. The molecule has 0 radical (unpaired) electrons. The van der Waals surface area contributed by atoms with E-state index in [9.17, 15) is 8.42 Å². The zero-order valence-electron chi connectivity index (χ0n) is 12.5. The van der Waals surface area contributed by atoms with Gasteiger partial charge in [0.05, 0.1) is 11.9 Å². The molecule has 3 heterocycles. The molecule has 0 spiro atoms. The number of aromatic nitrogens is 2. The molecule has 2 aromatic rings. The van der Waals surface area contributed by atoms with E-state index in [2.05, 4.69) is 4.98 Å². The molecule has 1 aliphatic heterocycles. The molecule has 3 rings (SSSR count). The summed E-state index contributed by atoms with van der Waals surface area (Å²) in [7, 11) is -3.08. The van der Waals surface area contributed by atoms with Gasteiger partial charge in [-0.2, -0.15) is 0 Å². The Labute approximate surface area is 131 Å². The molecule has 5 nitrogen and oxygen atoms in total. The van der Waals surface area contributed by atoms with E-state index < -0.39 is 10.0 Å². The van der Waals surface area contributed by atoms with E-state index in [0.29, 0.717) is 19.0 Å². The summed E-state index contributed by atoms with van der Waals surface area (Å²) in [5.41, 5.74) is 2.95. The Kier molecular flexibility index (Phi) is 4.22. The molecule has 1 saturated heterocycles. The quantitative estimate of drug-likeness (QED) is 0.871. The lowest BCUT2D eigenvalue weighted by atomic mass is 9.94. The average Bonchev–Trinajstić information content (AvgIpc) is 2.55. The maximum atomic E-state index is 11.6. The summed E-state index contributed by atoms with van der Waals surface area (Å²) in [6.45, 7) is 1.14. The first-order valence-corrected chi connectivity index (χ1v) is 9.21. The number of piperidine rings is 1. The van der Waals surface area contributed by atoms with Crippen LogP contribution in [0.1, 0.15) is 24.5 Å². The molecule has 0 amide bonds. The van der Waals surface area contributed by atoms with Gasteiger partial charge < -0.3 is 0 Å². The Morgan fingerprint density at radius 1 is 1.14 bits per heavy atom. The van der Waals surface area contributed by atoms with Gasteiger partial charge >= 0.3 is 0 Å². The van der Waals surface area contributed by atoms with E-state index in [0.717, 1.165) is 29.8 Å². The van der Waals surface area contributed by atoms with Crippen molar-refractivity contribution in [1.82, 2.24) is 14.3 Å². The Morgan fingerprint density at radius 3 is 2.55 bits per heavy atom. The molecule has 2 aromatic heterocycles. The van der Waals surface area contributed by atoms with Gasteiger partial charge in [-0.15, -0.1) is 0 Å². The van der Waals surface area contributed by atoms with Crippen LogP contribution in [0.2, 0.25) is 0 Å². The van der Waals surface area contributed by atoms with Gasteiger partial charge in [-0.1, -0.05) is 6.07 Å². The highest BCUT2D eigenvalue weighted by molar-refractivity contribution is 7.88. The molecule has 0 bridgehead atoms. The van der Waals surface area contributed by atoms with Gasteiger partial charge in [-0.05, 0) is 37.1 Å². The zero-order chi connectivity index (χ0) is 15.6. The minimum absolute atomic E-state index is 0.314. The van der Waals surface area contributed by atoms with Gasteiger partial charge in [0.1, 0.15) is 0 Å². The predicted octanol–water partition coefficient (Wildman–Crippen LogP) is 2.28. The highest BCUT2D eigenvalue weighted by Gasteiger charge is 2.26. The van der Waals surface area contributed by atoms with Crippen LogP contribution in [0.25, 0.3) is 11.3 Å². The smallest absolute Gasteiger partial charge is 0.211 e. The van der Waals surface area contributed by atoms with Gasteiger partial charge in [0, 0.05) is 42.7 Å². The van der Waals surface area contributed by atoms with Gasteiger partial charge in [0.15, 0.2) is 0 Å². The Hall–Kier alpha value is -1.79. The zero-order valence-corrected chi connectivity index (χ0v) is 13.3. The first-order valence-electron chi connectivity index (χ1n) is 7.36. The van der Waals surface area contributed by atoms with Gasteiger partial charge in [-0.3, -0.25) is 9.97 Å². The SMILES string of the molecule is CS(=O)(=O)N1CCC(c2cccc(-c3cccnc3)n2)CC1. The summed E-state index contributed by atoms with van der Waals surface area (Å²) in [5, 5.41) is 0. The summed E-state index contributed by atoms with van der Waals surface area (Å²) in [6, 6.07) is 9.90.